The maximum atomic E-state index is 5.90. The summed E-state index contributed by atoms with van der Waals surface area (Å²) in [5.41, 5.74) is 0. The van der Waals surface area contributed by atoms with Crippen LogP contribution in [0.2, 0.25) is 6.04 Å². The van der Waals surface area contributed by atoms with Gasteiger partial charge in [0, 0.05) is 16.3 Å². The normalized spacial score (nSPS) is 12.2. The lowest BCUT2D eigenvalue weighted by atomic mass is 10.3. The van der Waals surface area contributed by atoms with E-state index in [1.54, 1.807) is 0 Å². The first-order chi connectivity index (χ1) is 8.74. The van der Waals surface area contributed by atoms with Crippen LogP contribution in [0.4, 0.5) is 0 Å². The number of hydrogen-bond donors (Lipinski definition) is 0. The minimum Gasteiger partial charge on any atom is -0.328 e. The molecule has 0 heterocycles. The predicted molar refractivity (Wildman–Crippen MR) is 80.1 cm³/mol. The second-order valence-electron chi connectivity index (χ2n) is 4.64. The van der Waals surface area contributed by atoms with Crippen molar-refractivity contribution in [3.05, 3.63) is 0 Å². The van der Waals surface area contributed by atoms with Gasteiger partial charge in [0.25, 0.3) is 5.97 Å². The predicted octanol–water partition coefficient (Wildman–Crippen LogP) is 2.87. The van der Waals surface area contributed by atoms with E-state index in [-0.39, 0.29) is 0 Å². The van der Waals surface area contributed by atoms with Gasteiger partial charge in [0.2, 0.25) is 0 Å². The Labute approximate surface area is 116 Å². The van der Waals surface area contributed by atoms with Gasteiger partial charge in [0.15, 0.2) is 0 Å². The fraction of sp³-hybridized carbons (Fsp3) is 1.00. The summed E-state index contributed by atoms with van der Waals surface area (Å²) >= 11 is 0. The lowest BCUT2D eigenvalue weighted by Gasteiger charge is -2.32. The molecule has 18 heavy (non-hydrogen) atoms. The van der Waals surface area contributed by atoms with Crippen LogP contribution in [-0.4, -0.2) is 36.0 Å². The van der Waals surface area contributed by atoms with Crippen LogP contribution in [0.1, 0.15) is 59.3 Å². The van der Waals surface area contributed by atoms with Gasteiger partial charge in [-0.05, 0) is 19.3 Å². The molecule has 0 rings (SSSR count). The van der Waals surface area contributed by atoms with Crippen LogP contribution in [0.5, 0.6) is 0 Å². The summed E-state index contributed by atoms with van der Waals surface area (Å²) in [5, 5.41) is 0. The third kappa shape index (κ3) is 8.24. The molecule has 0 fully saturated rings. The molecule has 0 bridgehead atoms. The van der Waals surface area contributed by atoms with Crippen molar-refractivity contribution in [2.75, 3.05) is 19.8 Å². The smallest absolute Gasteiger partial charge is 0.279 e. The largest absolute Gasteiger partial charge is 0.328 e. The van der Waals surface area contributed by atoms with Gasteiger partial charge in [-0.2, -0.15) is 0 Å². The van der Waals surface area contributed by atoms with Gasteiger partial charge >= 0.3 is 0 Å². The van der Waals surface area contributed by atoms with E-state index in [1.165, 1.54) is 0 Å². The van der Waals surface area contributed by atoms with Crippen molar-refractivity contribution in [3.63, 3.8) is 0 Å². The molecule has 0 aromatic rings. The zero-order chi connectivity index (χ0) is 13.7. The molecular formula is C14H32O3Si. The quantitative estimate of drug-likeness (QED) is 0.294. The fourth-order valence-corrected chi connectivity index (χ4v) is 2.16. The van der Waals surface area contributed by atoms with E-state index in [4.69, 9.17) is 14.2 Å². The van der Waals surface area contributed by atoms with Crippen molar-refractivity contribution in [3.8, 4) is 0 Å². The zero-order valence-electron chi connectivity index (χ0n) is 12.8. The third-order valence-corrected chi connectivity index (χ3v) is 3.76. The van der Waals surface area contributed by atoms with Crippen LogP contribution in [0.3, 0.4) is 0 Å². The highest BCUT2D eigenvalue weighted by molar-refractivity contribution is 6.09. The van der Waals surface area contributed by atoms with Crippen LogP contribution in [0, 0.1) is 0 Å². The zero-order valence-corrected chi connectivity index (χ0v) is 14.8. The standard InChI is InChI=1S/C14H32O3Si/c1-4-7-10-15-14(13-18,16-11-8-5-2)17-12-9-6-3/h4-13H2,1-3,18H3. The van der Waals surface area contributed by atoms with Crippen LogP contribution in [-0.2, 0) is 14.2 Å². The third-order valence-electron chi connectivity index (χ3n) is 2.89. The Morgan fingerprint density at radius 2 is 1.06 bits per heavy atom. The van der Waals surface area contributed by atoms with E-state index < -0.39 is 5.97 Å². The monoisotopic (exact) mass is 276 g/mol. The molecule has 0 aromatic carbocycles. The summed E-state index contributed by atoms with van der Waals surface area (Å²) in [6.45, 7) is 8.70. The Morgan fingerprint density at radius 1 is 0.722 bits per heavy atom. The average molecular weight is 276 g/mol. The molecule has 4 heteroatoms. The van der Waals surface area contributed by atoms with Crippen molar-refractivity contribution in [1.82, 2.24) is 0 Å². The molecule has 0 radical (unpaired) electrons. The van der Waals surface area contributed by atoms with E-state index in [0.717, 1.165) is 74.6 Å². The minimum atomic E-state index is -0.744. The van der Waals surface area contributed by atoms with E-state index in [9.17, 15) is 0 Å². The summed E-state index contributed by atoms with van der Waals surface area (Å²) in [6.07, 6.45) is 6.62. The van der Waals surface area contributed by atoms with Crippen molar-refractivity contribution < 1.29 is 14.2 Å². The summed E-state index contributed by atoms with van der Waals surface area (Å²) in [4.78, 5) is 0. The second kappa shape index (κ2) is 12.1. The van der Waals surface area contributed by atoms with E-state index in [1.807, 2.05) is 0 Å². The van der Waals surface area contributed by atoms with Crippen molar-refractivity contribution in [2.45, 2.75) is 71.3 Å². The molecular weight excluding hydrogens is 244 g/mol. The van der Waals surface area contributed by atoms with Gasteiger partial charge in [-0.15, -0.1) is 0 Å². The van der Waals surface area contributed by atoms with E-state index in [2.05, 4.69) is 20.8 Å². The molecule has 0 aromatic heterocycles. The first-order valence-electron chi connectivity index (χ1n) is 7.66. The SMILES string of the molecule is CCCCOC(C[SiH3])(OCCCC)OCCCC. The molecule has 0 saturated heterocycles. The van der Waals surface area contributed by atoms with Crippen molar-refractivity contribution in [1.29, 1.82) is 0 Å². The van der Waals surface area contributed by atoms with Gasteiger partial charge in [-0.25, -0.2) is 0 Å². The number of hydrogen-bond acceptors (Lipinski definition) is 3. The molecule has 0 unspecified atom stereocenters. The number of unbranched alkanes of at least 4 members (excludes halogenated alkanes) is 3. The van der Waals surface area contributed by atoms with Gasteiger partial charge in [-0.1, -0.05) is 40.0 Å². The summed E-state index contributed by atoms with van der Waals surface area (Å²) < 4.78 is 17.7. The molecule has 0 spiro atoms. The van der Waals surface area contributed by atoms with Crippen LogP contribution < -0.4 is 0 Å². The summed E-state index contributed by atoms with van der Waals surface area (Å²) in [5.74, 6) is -0.744. The Hall–Kier alpha value is 0.0969. The molecule has 110 valence electrons. The molecule has 0 saturated carbocycles. The highest BCUT2D eigenvalue weighted by Gasteiger charge is 2.30. The van der Waals surface area contributed by atoms with E-state index in [0.29, 0.717) is 0 Å². The van der Waals surface area contributed by atoms with E-state index >= 15 is 0 Å². The highest BCUT2D eigenvalue weighted by Crippen LogP contribution is 2.21. The molecule has 0 amide bonds. The van der Waals surface area contributed by atoms with Crippen LogP contribution in [0.15, 0.2) is 0 Å². The Kier molecular flexibility index (Phi) is 12.2. The molecule has 3 nitrogen and oxygen atoms in total. The van der Waals surface area contributed by atoms with Crippen LogP contribution in [0.25, 0.3) is 0 Å². The van der Waals surface area contributed by atoms with Gasteiger partial charge in [-0.3, -0.25) is 0 Å². The Balaban J connectivity index is 4.20. The Morgan fingerprint density at radius 3 is 1.28 bits per heavy atom. The maximum absolute atomic E-state index is 5.90. The molecule has 0 N–H and O–H groups in total. The molecule has 0 aliphatic rings. The lowest BCUT2D eigenvalue weighted by Crippen LogP contribution is -2.40. The van der Waals surface area contributed by atoms with Crippen molar-refractivity contribution >= 4 is 10.2 Å². The lowest BCUT2D eigenvalue weighted by molar-refractivity contribution is -0.369. The molecule has 0 aliphatic heterocycles. The Bertz CT molecular complexity index is 150. The highest BCUT2D eigenvalue weighted by atomic mass is 28.1. The average Bonchev–Trinajstić information content (AvgIpc) is 2.39. The van der Waals surface area contributed by atoms with Gasteiger partial charge < -0.3 is 14.2 Å². The fourth-order valence-electron chi connectivity index (χ4n) is 1.55. The number of ether oxygens (including phenoxy) is 3. The second-order valence-corrected chi connectivity index (χ2v) is 5.35. The van der Waals surface area contributed by atoms with Gasteiger partial charge in [0.1, 0.15) is 0 Å². The minimum absolute atomic E-state index is 0.733. The van der Waals surface area contributed by atoms with Crippen molar-refractivity contribution in [2.24, 2.45) is 0 Å². The summed E-state index contributed by atoms with van der Waals surface area (Å²) in [6, 6.07) is 0.879. The molecule has 0 aliphatic carbocycles. The van der Waals surface area contributed by atoms with Crippen LogP contribution >= 0.6 is 0 Å². The maximum Gasteiger partial charge on any atom is 0.279 e. The first kappa shape index (κ1) is 18.1. The number of rotatable bonds is 13. The topological polar surface area (TPSA) is 27.7 Å². The van der Waals surface area contributed by atoms with Gasteiger partial charge in [0.05, 0.1) is 19.8 Å². The summed E-state index contributed by atoms with van der Waals surface area (Å²) in [7, 11) is 1.03. The molecule has 0 atom stereocenters. The first-order valence-corrected chi connectivity index (χ1v) is 9.07.